The molecule has 4 nitrogen and oxygen atoms in total. The molecule has 2 rings (SSSR count). The maximum atomic E-state index is 5.91. The Morgan fingerprint density at radius 3 is 2.19 bits per heavy atom. The molecule has 0 radical (unpaired) electrons. The fourth-order valence-corrected chi connectivity index (χ4v) is 1.97. The van der Waals surface area contributed by atoms with Gasteiger partial charge in [0.2, 0.25) is 0 Å². The lowest BCUT2D eigenvalue weighted by atomic mass is 10.1. The van der Waals surface area contributed by atoms with Gasteiger partial charge in [0, 0.05) is 11.6 Å². The van der Waals surface area contributed by atoms with Crippen LogP contribution in [0.1, 0.15) is 18.5 Å². The highest BCUT2D eigenvalue weighted by Gasteiger charge is 2.06. The second-order valence-corrected chi connectivity index (χ2v) is 4.70. The van der Waals surface area contributed by atoms with Gasteiger partial charge in [-0.25, -0.2) is 0 Å². The van der Waals surface area contributed by atoms with E-state index in [1.807, 2.05) is 55.5 Å². The van der Waals surface area contributed by atoms with Crippen molar-refractivity contribution >= 4 is 0 Å². The highest BCUT2D eigenvalue weighted by atomic mass is 16.5. The Kier molecular flexibility index (Phi) is 5.46. The standard InChI is InChI=1S/C17H21NO3/c1-13(18)16-5-3-4-6-17(16)21-12-11-20-15-9-7-14(19-2)8-10-15/h3-10,13H,11-12,18H2,1-2H3/t13-/m0/s1. The normalized spacial score (nSPS) is 11.8. The van der Waals surface area contributed by atoms with Crippen molar-refractivity contribution in [2.24, 2.45) is 5.73 Å². The highest BCUT2D eigenvalue weighted by molar-refractivity contribution is 5.35. The maximum Gasteiger partial charge on any atom is 0.124 e. The molecular weight excluding hydrogens is 266 g/mol. The van der Waals surface area contributed by atoms with Gasteiger partial charge in [-0.3, -0.25) is 0 Å². The van der Waals surface area contributed by atoms with E-state index in [4.69, 9.17) is 19.9 Å². The summed E-state index contributed by atoms with van der Waals surface area (Å²) in [6.07, 6.45) is 0. The average Bonchev–Trinajstić information content (AvgIpc) is 2.52. The van der Waals surface area contributed by atoms with Crippen molar-refractivity contribution in [1.29, 1.82) is 0 Å². The van der Waals surface area contributed by atoms with E-state index in [9.17, 15) is 0 Å². The summed E-state index contributed by atoms with van der Waals surface area (Å²) in [6.45, 7) is 2.88. The van der Waals surface area contributed by atoms with Crippen molar-refractivity contribution in [3.8, 4) is 17.2 Å². The molecule has 0 aliphatic carbocycles. The summed E-state index contributed by atoms with van der Waals surface area (Å²) in [5.41, 5.74) is 6.92. The molecule has 0 heterocycles. The summed E-state index contributed by atoms with van der Waals surface area (Å²) in [4.78, 5) is 0. The third-order valence-electron chi connectivity index (χ3n) is 3.08. The molecule has 112 valence electrons. The Bertz CT molecular complexity index is 552. The molecule has 2 N–H and O–H groups in total. The first-order valence-electron chi connectivity index (χ1n) is 6.95. The van der Waals surface area contributed by atoms with Crippen LogP contribution in [0.5, 0.6) is 17.2 Å². The molecule has 0 aliphatic rings. The summed E-state index contributed by atoms with van der Waals surface area (Å²) in [6, 6.07) is 15.2. The van der Waals surface area contributed by atoms with Crippen LogP contribution in [0, 0.1) is 0 Å². The first-order chi connectivity index (χ1) is 10.2. The van der Waals surface area contributed by atoms with Gasteiger partial charge >= 0.3 is 0 Å². The van der Waals surface area contributed by atoms with Crippen LogP contribution in [0.3, 0.4) is 0 Å². The summed E-state index contributed by atoms with van der Waals surface area (Å²) in [7, 11) is 1.64. The van der Waals surface area contributed by atoms with E-state index in [-0.39, 0.29) is 6.04 Å². The van der Waals surface area contributed by atoms with Gasteiger partial charge in [-0.05, 0) is 37.3 Å². The Balaban J connectivity index is 1.82. The Morgan fingerprint density at radius 1 is 0.905 bits per heavy atom. The number of rotatable bonds is 7. The topological polar surface area (TPSA) is 53.7 Å². The lowest BCUT2D eigenvalue weighted by Gasteiger charge is -2.14. The predicted molar refractivity (Wildman–Crippen MR) is 83.0 cm³/mol. The molecule has 0 saturated heterocycles. The van der Waals surface area contributed by atoms with Gasteiger partial charge in [0.25, 0.3) is 0 Å². The SMILES string of the molecule is COc1ccc(OCCOc2ccccc2[C@H](C)N)cc1. The number of ether oxygens (including phenoxy) is 3. The van der Waals surface area contributed by atoms with Gasteiger partial charge in [0.05, 0.1) is 7.11 Å². The molecule has 0 bridgehead atoms. The number of hydrogen-bond acceptors (Lipinski definition) is 4. The first-order valence-corrected chi connectivity index (χ1v) is 6.95. The zero-order chi connectivity index (χ0) is 15.1. The molecular formula is C17H21NO3. The molecule has 4 heteroatoms. The summed E-state index contributed by atoms with van der Waals surface area (Å²) < 4.78 is 16.4. The fraction of sp³-hybridized carbons (Fsp3) is 0.294. The third kappa shape index (κ3) is 4.39. The maximum absolute atomic E-state index is 5.91. The van der Waals surface area contributed by atoms with Crippen LogP contribution in [0.2, 0.25) is 0 Å². The summed E-state index contributed by atoms with van der Waals surface area (Å²) >= 11 is 0. The van der Waals surface area contributed by atoms with Crippen LogP contribution in [0.25, 0.3) is 0 Å². The van der Waals surface area contributed by atoms with Crippen LogP contribution in [-0.2, 0) is 0 Å². The van der Waals surface area contributed by atoms with E-state index < -0.39 is 0 Å². The zero-order valence-electron chi connectivity index (χ0n) is 12.4. The van der Waals surface area contributed by atoms with Crippen molar-refractivity contribution in [3.63, 3.8) is 0 Å². The van der Waals surface area contributed by atoms with E-state index in [0.717, 1.165) is 22.8 Å². The number of hydrogen-bond donors (Lipinski definition) is 1. The number of methoxy groups -OCH3 is 1. The lowest BCUT2D eigenvalue weighted by Crippen LogP contribution is -2.12. The number of nitrogens with two attached hydrogens (primary N) is 1. The van der Waals surface area contributed by atoms with Gasteiger partial charge in [0.1, 0.15) is 30.5 Å². The van der Waals surface area contributed by atoms with Crippen molar-refractivity contribution < 1.29 is 14.2 Å². The van der Waals surface area contributed by atoms with Gasteiger partial charge in [-0.1, -0.05) is 18.2 Å². The number of benzene rings is 2. The molecule has 0 amide bonds. The smallest absolute Gasteiger partial charge is 0.124 e. The van der Waals surface area contributed by atoms with E-state index in [1.165, 1.54) is 0 Å². The molecule has 21 heavy (non-hydrogen) atoms. The monoisotopic (exact) mass is 287 g/mol. The van der Waals surface area contributed by atoms with Gasteiger partial charge in [-0.2, -0.15) is 0 Å². The van der Waals surface area contributed by atoms with E-state index >= 15 is 0 Å². The molecule has 0 aliphatic heterocycles. The minimum atomic E-state index is -0.0521. The minimum absolute atomic E-state index is 0.0521. The van der Waals surface area contributed by atoms with Crippen molar-refractivity contribution in [1.82, 2.24) is 0 Å². The molecule has 2 aromatic carbocycles. The fourth-order valence-electron chi connectivity index (χ4n) is 1.97. The lowest BCUT2D eigenvalue weighted by molar-refractivity contribution is 0.215. The van der Waals surface area contributed by atoms with Crippen molar-refractivity contribution in [2.75, 3.05) is 20.3 Å². The first kappa shape index (κ1) is 15.2. The molecule has 2 aromatic rings. The van der Waals surface area contributed by atoms with Gasteiger partial charge in [0.15, 0.2) is 0 Å². The summed E-state index contributed by atoms with van der Waals surface area (Å²) in [5.74, 6) is 2.41. The van der Waals surface area contributed by atoms with E-state index in [1.54, 1.807) is 7.11 Å². The minimum Gasteiger partial charge on any atom is -0.497 e. The van der Waals surface area contributed by atoms with Crippen LogP contribution in [0.15, 0.2) is 48.5 Å². The highest BCUT2D eigenvalue weighted by Crippen LogP contribution is 2.23. The molecule has 1 atom stereocenters. The van der Waals surface area contributed by atoms with Crippen LogP contribution >= 0.6 is 0 Å². The van der Waals surface area contributed by atoms with Crippen LogP contribution in [0.4, 0.5) is 0 Å². The van der Waals surface area contributed by atoms with Crippen molar-refractivity contribution in [2.45, 2.75) is 13.0 Å². The molecule has 0 saturated carbocycles. The van der Waals surface area contributed by atoms with Crippen LogP contribution < -0.4 is 19.9 Å². The molecule has 0 aromatic heterocycles. The molecule has 0 fully saturated rings. The zero-order valence-corrected chi connectivity index (χ0v) is 12.4. The Labute approximate surface area is 125 Å². The number of para-hydroxylation sites is 1. The van der Waals surface area contributed by atoms with E-state index in [2.05, 4.69) is 0 Å². The van der Waals surface area contributed by atoms with Gasteiger partial charge < -0.3 is 19.9 Å². The average molecular weight is 287 g/mol. The molecule has 0 unspecified atom stereocenters. The third-order valence-corrected chi connectivity index (χ3v) is 3.08. The van der Waals surface area contributed by atoms with Crippen molar-refractivity contribution in [3.05, 3.63) is 54.1 Å². The van der Waals surface area contributed by atoms with Gasteiger partial charge in [-0.15, -0.1) is 0 Å². The second-order valence-electron chi connectivity index (χ2n) is 4.70. The van der Waals surface area contributed by atoms with Crippen LogP contribution in [-0.4, -0.2) is 20.3 Å². The van der Waals surface area contributed by atoms with E-state index in [0.29, 0.717) is 13.2 Å². The molecule has 0 spiro atoms. The Hall–Kier alpha value is -2.20. The summed E-state index contributed by atoms with van der Waals surface area (Å²) in [5, 5.41) is 0. The Morgan fingerprint density at radius 2 is 1.52 bits per heavy atom. The predicted octanol–water partition coefficient (Wildman–Crippen LogP) is 3.17. The second kappa shape index (κ2) is 7.55. The quantitative estimate of drug-likeness (QED) is 0.795. The largest absolute Gasteiger partial charge is 0.497 e.